The minimum atomic E-state index is -1.07. The number of anilines is 1. The van der Waals surface area contributed by atoms with Crippen molar-refractivity contribution in [2.45, 2.75) is 12.5 Å². The first-order valence-corrected chi connectivity index (χ1v) is 5.74. The zero-order valence-corrected chi connectivity index (χ0v) is 10.6. The second kappa shape index (κ2) is 7.05. The molecule has 0 aliphatic carbocycles. The summed E-state index contributed by atoms with van der Waals surface area (Å²) in [6.07, 6.45) is 2.13. The van der Waals surface area contributed by atoms with Crippen LogP contribution in [0.1, 0.15) is 12.0 Å². The third-order valence-electron chi connectivity index (χ3n) is 2.33. The Hall–Kier alpha value is -2.67. The van der Waals surface area contributed by atoms with Crippen molar-refractivity contribution >= 4 is 29.5 Å². The van der Waals surface area contributed by atoms with Crippen LogP contribution in [0.4, 0.5) is 5.69 Å². The van der Waals surface area contributed by atoms with E-state index < -0.39 is 23.8 Å². The fraction of sp³-hybridized carbons (Fsp3) is 0.154. The third-order valence-corrected chi connectivity index (χ3v) is 2.33. The summed E-state index contributed by atoms with van der Waals surface area (Å²) in [4.78, 5) is 32.7. The number of hydrogen-bond donors (Lipinski definition) is 4. The molecule has 7 heteroatoms. The quantitative estimate of drug-likeness (QED) is 0.539. The van der Waals surface area contributed by atoms with E-state index in [9.17, 15) is 14.4 Å². The summed E-state index contributed by atoms with van der Waals surface area (Å²) in [7, 11) is 0. The lowest BCUT2D eigenvalue weighted by atomic mass is 10.1. The van der Waals surface area contributed by atoms with Gasteiger partial charge < -0.3 is 21.9 Å². The highest BCUT2D eigenvalue weighted by Gasteiger charge is 2.15. The molecule has 1 atom stereocenters. The molecular formula is C13H15N3O4. The number of carbonyl (C=O) groups is 3. The second-order valence-electron chi connectivity index (χ2n) is 4.06. The molecule has 0 heterocycles. The van der Waals surface area contributed by atoms with Crippen LogP contribution in [0.3, 0.4) is 0 Å². The van der Waals surface area contributed by atoms with Gasteiger partial charge >= 0.3 is 5.97 Å². The van der Waals surface area contributed by atoms with E-state index in [2.05, 4.69) is 5.32 Å². The maximum absolute atomic E-state index is 11.7. The van der Waals surface area contributed by atoms with Crippen molar-refractivity contribution in [2.24, 2.45) is 11.5 Å². The van der Waals surface area contributed by atoms with E-state index in [-0.39, 0.29) is 6.42 Å². The molecule has 1 aromatic carbocycles. The van der Waals surface area contributed by atoms with Crippen molar-refractivity contribution < 1.29 is 19.5 Å². The number of nitrogens with two attached hydrogens (primary N) is 2. The first-order chi connectivity index (χ1) is 9.38. The van der Waals surface area contributed by atoms with E-state index in [0.717, 1.165) is 6.08 Å². The van der Waals surface area contributed by atoms with Gasteiger partial charge in [0.1, 0.15) is 0 Å². The van der Waals surface area contributed by atoms with E-state index in [1.165, 1.54) is 6.08 Å². The van der Waals surface area contributed by atoms with Gasteiger partial charge in [-0.1, -0.05) is 12.1 Å². The standard InChI is InChI=1S/C13H15N3O4/c14-10(7-11(15)17)13(20)16-9-3-1-2-8(6-9)4-5-12(18)19/h1-6,10H,7,14H2,(H2,15,17)(H,16,20)(H,18,19)/b5-4+. The molecule has 0 fully saturated rings. The Bertz CT molecular complexity index is 554. The van der Waals surface area contributed by atoms with Crippen molar-refractivity contribution in [1.82, 2.24) is 0 Å². The van der Waals surface area contributed by atoms with Crippen LogP contribution >= 0.6 is 0 Å². The minimum Gasteiger partial charge on any atom is -0.478 e. The Kier molecular flexibility index (Phi) is 5.42. The number of carboxylic acid groups (broad SMARTS) is 1. The summed E-state index contributed by atoms with van der Waals surface area (Å²) in [6, 6.07) is 5.50. The lowest BCUT2D eigenvalue weighted by Crippen LogP contribution is -2.38. The van der Waals surface area contributed by atoms with Crippen molar-refractivity contribution in [2.75, 3.05) is 5.32 Å². The molecule has 7 nitrogen and oxygen atoms in total. The van der Waals surface area contributed by atoms with Gasteiger partial charge in [-0.15, -0.1) is 0 Å². The van der Waals surface area contributed by atoms with Crippen molar-refractivity contribution in [3.63, 3.8) is 0 Å². The predicted molar refractivity (Wildman–Crippen MR) is 73.5 cm³/mol. The van der Waals surface area contributed by atoms with Crippen LogP contribution in [-0.4, -0.2) is 28.9 Å². The molecular weight excluding hydrogens is 262 g/mol. The molecule has 0 aliphatic heterocycles. The van der Waals surface area contributed by atoms with Crippen molar-refractivity contribution in [3.05, 3.63) is 35.9 Å². The van der Waals surface area contributed by atoms with Gasteiger partial charge in [-0.05, 0) is 23.8 Å². The molecule has 0 aliphatic rings. The first kappa shape index (κ1) is 15.4. The van der Waals surface area contributed by atoms with E-state index in [1.807, 2.05) is 0 Å². The Morgan fingerprint density at radius 3 is 2.65 bits per heavy atom. The maximum atomic E-state index is 11.7. The summed E-state index contributed by atoms with van der Waals surface area (Å²) in [5.74, 6) is -2.27. The average molecular weight is 277 g/mol. The van der Waals surface area contributed by atoms with E-state index in [1.54, 1.807) is 24.3 Å². The number of aliphatic carboxylic acids is 1. The van der Waals surface area contributed by atoms with Crippen molar-refractivity contribution in [1.29, 1.82) is 0 Å². The van der Waals surface area contributed by atoms with Crippen LogP contribution in [0.25, 0.3) is 6.08 Å². The van der Waals surface area contributed by atoms with E-state index in [4.69, 9.17) is 16.6 Å². The fourth-order valence-corrected chi connectivity index (χ4v) is 1.43. The molecule has 0 spiro atoms. The van der Waals surface area contributed by atoms with Crippen LogP contribution in [0.15, 0.2) is 30.3 Å². The lowest BCUT2D eigenvalue weighted by Gasteiger charge is -2.10. The summed E-state index contributed by atoms with van der Waals surface area (Å²) in [6.45, 7) is 0. The molecule has 0 aromatic heterocycles. The summed E-state index contributed by atoms with van der Waals surface area (Å²) >= 11 is 0. The number of rotatable bonds is 6. The van der Waals surface area contributed by atoms with Gasteiger partial charge in [-0.2, -0.15) is 0 Å². The lowest BCUT2D eigenvalue weighted by molar-refractivity contribution is -0.131. The van der Waals surface area contributed by atoms with Gasteiger partial charge in [0.25, 0.3) is 0 Å². The average Bonchev–Trinajstić information content (AvgIpc) is 2.36. The number of benzene rings is 1. The highest BCUT2D eigenvalue weighted by atomic mass is 16.4. The zero-order valence-electron chi connectivity index (χ0n) is 10.6. The minimum absolute atomic E-state index is 0.246. The van der Waals surface area contributed by atoms with E-state index >= 15 is 0 Å². The molecule has 20 heavy (non-hydrogen) atoms. The summed E-state index contributed by atoms with van der Waals surface area (Å²) < 4.78 is 0. The van der Waals surface area contributed by atoms with Crippen LogP contribution in [0.5, 0.6) is 0 Å². The number of carbonyl (C=O) groups excluding carboxylic acids is 2. The van der Waals surface area contributed by atoms with Crippen LogP contribution in [-0.2, 0) is 14.4 Å². The first-order valence-electron chi connectivity index (χ1n) is 5.74. The Balaban J connectivity index is 2.73. The Morgan fingerprint density at radius 2 is 2.05 bits per heavy atom. The summed E-state index contributed by atoms with van der Waals surface area (Å²) in [5, 5.41) is 11.1. The molecule has 0 saturated carbocycles. The van der Waals surface area contributed by atoms with Crippen LogP contribution in [0, 0.1) is 0 Å². The van der Waals surface area contributed by atoms with E-state index in [0.29, 0.717) is 11.3 Å². The van der Waals surface area contributed by atoms with Crippen LogP contribution in [0.2, 0.25) is 0 Å². The zero-order chi connectivity index (χ0) is 15.1. The molecule has 0 radical (unpaired) electrons. The van der Waals surface area contributed by atoms with Gasteiger partial charge in [-0.3, -0.25) is 9.59 Å². The Morgan fingerprint density at radius 1 is 1.35 bits per heavy atom. The number of nitrogens with one attached hydrogen (secondary N) is 1. The normalized spacial score (nSPS) is 12.1. The molecule has 6 N–H and O–H groups in total. The number of hydrogen-bond acceptors (Lipinski definition) is 4. The largest absolute Gasteiger partial charge is 0.478 e. The molecule has 0 saturated heterocycles. The SMILES string of the molecule is NC(=O)CC(N)C(=O)Nc1cccc(/C=C/C(=O)O)c1. The monoisotopic (exact) mass is 277 g/mol. The molecule has 0 bridgehead atoms. The molecule has 1 rings (SSSR count). The fourth-order valence-electron chi connectivity index (χ4n) is 1.43. The molecule has 1 aromatic rings. The predicted octanol–water partition coefficient (Wildman–Crippen LogP) is -0.0744. The number of primary amides is 1. The molecule has 1 unspecified atom stereocenters. The third kappa shape index (κ3) is 5.32. The second-order valence-corrected chi connectivity index (χ2v) is 4.06. The topological polar surface area (TPSA) is 136 Å². The number of carboxylic acids is 1. The van der Waals surface area contributed by atoms with Crippen molar-refractivity contribution in [3.8, 4) is 0 Å². The van der Waals surface area contributed by atoms with Gasteiger partial charge in [0.15, 0.2) is 0 Å². The van der Waals surface area contributed by atoms with Gasteiger partial charge in [-0.25, -0.2) is 4.79 Å². The Labute approximate surface area is 115 Å². The summed E-state index contributed by atoms with van der Waals surface area (Å²) in [5.41, 5.74) is 11.5. The van der Waals surface area contributed by atoms with Gasteiger partial charge in [0.2, 0.25) is 11.8 Å². The smallest absolute Gasteiger partial charge is 0.328 e. The van der Waals surface area contributed by atoms with Crippen LogP contribution < -0.4 is 16.8 Å². The highest BCUT2D eigenvalue weighted by Crippen LogP contribution is 2.12. The highest BCUT2D eigenvalue weighted by molar-refractivity contribution is 5.97. The maximum Gasteiger partial charge on any atom is 0.328 e. The molecule has 2 amide bonds. The van der Waals surface area contributed by atoms with Gasteiger partial charge in [0.05, 0.1) is 12.5 Å². The van der Waals surface area contributed by atoms with Gasteiger partial charge in [0, 0.05) is 11.8 Å². The number of amides is 2. The molecule has 106 valence electrons.